The predicted molar refractivity (Wildman–Crippen MR) is 59.4 cm³/mol. The van der Waals surface area contributed by atoms with Crippen molar-refractivity contribution >= 4 is 0 Å². The van der Waals surface area contributed by atoms with E-state index in [0.29, 0.717) is 5.69 Å². The van der Waals surface area contributed by atoms with Crippen molar-refractivity contribution in [3.63, 3.8) is 0 Å². The molecule has 1 aromatic carbocycles. The molecular weight excluding hydrogens is 207 g/mol. The highest BCUT2D eigenvalue weighted by Crippen LogP contribution is 2.25. The van der Waals surface area contributed by atoms with Crippen molar-refractivity contribution in [2.24, 2.45) is 0 Å². The third-order valence-corrected chi connectivity index (χ3v) is 2.82. The maximum absolute atomic E-state index is 13.1. The fourth-order valence-electron chi connectivity index (χ4n) is 1.62. The molecule has 0 aliphatic rings. The van der Waals surface area contributed by atoms with Crippen LogP contribution in [0.2, 0.25) is 0 Å². The van der Waals surface area contributed by atoms with Crippen LogP contribution in [0.25, 0.3) is 5.69 Å². The second kappa shape index (κ2) is 3.63. The normalized spacial score (nSPS) is 10.8. The van der Waals surface area contributed by atoms with E-state index >= 15 is 0 Å². The number of phenols is 1. The van der Waals surface area contributed by atoms with Crippen molar-refractivity contribution in [1.82, 2.24) is 9.78 Å². The van der Waals surface area contributed by atoms with Gasteiger partial charge in [0.15, 0.2) is 0 Å². The average molecular weight is 220 g/mol. The maximum atomic E-state index is 13.1. The van der Waals surface area contributed by atoms with E-state index in [2.05, 4.69) is 5.10 Å². The lowest BCUT2D eigenvalue weighted by atomic mass is 10.2. The number of phenolic OH excluding ortho intramolecular Hbond substituents is 1. The lowest BCUT2D eigenvalue weighted by molar-refractivity contribution is 0.467. The summed E-state index contributed by atoms with van der Waals surface area (Å²) in [7, 11) is 0. The minimum atomic E-state index is -0.391. The summed E-state index contributed by atoms with van der Waals surface area (Å²) >= 11 is 0. The van der Waals surface area contributed by atoms with Crippen molar-refractivity contribution in [2.75, 3.05) is 0 Å². The zero-order valence-corrected chi connectivity index (χ0v) is 9.45. The molecule has 0 aliphatic heterocycles. The van der Waals surface area contributed by atoms with Crippen LogP contribution in [-0.4, -0.2) is 14.9 Å². The van der Waals surface area contributed by atoms with E-state index in [1.807, 2.05) is 20.8 Å². The summed E-state index contributed by atoms with van der Waals surface area (Å²) < 4.78 is 14.7. The largest absolute Gasteiger partial charge is 0.506 e. The van der Waals surface area contributed by atoms with Crippen LogP contribution in [0, 0.1) is 26.6 Å². The second-order valence-corrected chi connectivity index (χ2v) is 3.84. The zero-order valence-electron chi connectivity index (χ0n) is 9.45. The fourth-order valence-corrected chi connectivity index (χ4v) is 1.62. The van der Waals surface area contributed by atoms with E-state index in [4.69, 9.17) is 0 Å². The highest BCUT2D eigenvalue weighted by atomic mass is 19.1. The molecule has 1 heterocycles. The van der Waals surface area contributed by atoms with Crippen molar-refractivity contribution in [3.8, 4) is 11.4 Å². The van der Waals surface area contributed by atoms with Crippen molar-refractivity contribution in [3.05, 3.63) is 41.0 Å². The Morgan fingerprint density at radius 2 is 1.94 bits per heavy atom. The van der Waals surface area contributed by atoms with Gasteiger partial charge >= 0.3 is 0 Å². The standard InChI is InChI=1S/C12H13FN2O/c1-7-8(2)14-15(9(7)3)11-6-10(13)4-5-12(11)16/h4-6,16H,1-3H3. The number of rotatable bonds is 1. The van der Waals surface area contributed by atoms with E-state index in [0.717, 1.165) is 17.0 Å². The molecule has 1 aromatic heterocycles. The molecule has 4 heteroatoms. The van der Waals surface area contributed by atoms with Gasteiger partial charge in [-0.05, 0) is 38.5 Å². The Morgan fingerprint density at radius 3 is 2.50 bits per heavy atom. The summed E-state index contributed by atoms with van der Waals surface area (Å²) in [6.45, 7) is 5.72. The van der Waals surface area contributed by atoms with Crippen LogP contribution >= 0.6 is 0 Å². The molecule has 0 fully saturated rings. The molecule has 0 spiro atoms. The number of aromatic hydroxyl groups is 1. The Morgan fingerprint density at radius 1 is 1.25 bits per heavy atom. The van der Waals surface area contributed by atoms with Gasteiger partial charge in [-0.3, -0.25) is 0 Å². The van der Waals surface area contributed by atoms with Crippen LogP contribution in [0.1, 0.15) is 17.0 Å². The molecule has 0 atom stereocenters. The van der Waals surface area contributed by atoms with Gasteiger partial charge in [-0.1, -0.05) is 0 Å². The molecule has 84 valence electrons. The molecule has 16 heavy (non-hydrogen) atoms. The van der Waals surface area contributed by atoms with E-state index in [1.54, 1.807) is 4.68 Å². The third-order valence-electron chi connectivity index (χ3n) is 2.82. The molecular formula is C12H13FN2O. The molecule has 0 radical (unpaired) electrons. The Bertz CT molecular complexity index is 546. The van der Waals surface area contributed by atoms with E-state index in [-0.39, 0.29) is 5.75 Å². The first-order valence-electron chi connectivity index (χ1n) is 5.02. The maximum Gasteiger partial charge on any atom is 0.141 e. The molecule has 0 saturated carbocycles. The molecule has 0 unspecified atom stereocenters. The first kappa shape index (κ1) is 10.7. The number of benzene rings is 1. The average Bonchev–Trinajstić information content (AvgIpc) is 2.50. The van der Waals surface area contributed by atoms with Crippen LogP contribution in [0.5, 0.6) is 5.75 Å². The summed E-state index contributed by atoms with van der Waals surface area (Å²) in [6.07, 6.45) is 0. The van der Waals surface area contributed by atoms with Gasteiger partial charge in [-0.25, -0.2) is 9.07 Å². The molecule has 3 nitrogen and oxygen atoms in total. The minimum absolute atomic E-state index is 0.0204. The number of aromatic nitrogens is 2. The van der Waals surface area contributed by atoms with Crippen LogP contribution in [0.3, 0.4) is 0 Å². The number of nitrogens with zero attached hydrogens (tertiary/aromatic N) is 2. The van der Waals surface area contributed by atoms with Gasteiger partial charge in [0, 0.05) is 11.8 Å². The molecule has 2 rings (SSSR count). The molecule has 1 N–H and O–H groups in total. The Balaban J connectivity index is 2.67. The molecule has 2 aromatic rings. The Labute approximate surface area is 93.2 Å². The molecule has 0 bridgehead atoms. The smallest absolute Gasteiger partial charge is 0.141 e. The summed E-state index contributed by atoms with van der Waals surface area (Å²) in [6, 6.07) is 3.82. The van der Waals surface area contributed by atoms with E-state index < -0.39 is 5.82 Å². The summed E-state index contributed by atoms with van der Waals surface area (Å²) in [4.78, 5) is 0. The summed E-state index contributed by atoms with van der Waals surface area (Å²) in [5.74, 6) is -0.370. The molecule has 0 amide bonds. The zero-order chi connectivity index (χ0) is 11.9. The van der Waals surface area contributed by atoms with Gasteiger partial charge in [-0.15, -0.1) is 0 Å². The van der Waals surface area contributed by atoms with Crippen molar-refractivity contribution in [2.45, 2.75) is 20.8 Å². The number of hydrogen-bond donors (Lipinski definition) is 1. The SMILES string of the molecule is Cc1nn(-c2cc(F)ccc2O)c(C)c1C. The topological polar surface area (TPSA) is 38.0 Å². The fraction of sp³-hybridized carbons (Fsp3) is 0.250. The highest BCUT2D eigenvalue weighted by molar-refractivity contribution is 5.47. The van der Waals surface area contributed by atoms with Crippen LogP contribution in [0.4, 0.5) is 4.39 Å². The van der Waals surface area contributed by atoms with Gasteiger partial charge < -0.3 is 5.11 Å². The first-order chi connectivity index (χ1) is 7.50. The summed E-state index contributed by atoms with van der Waals surface area (Å²) in [5.41, 5.74) is 3.19. The Hall–Kier alpha value is -1.84. The van der Waals surface area contributed by atoms with Gasteiger partial charge in [0.25, 0.3) is 0 Å². The van der Waals surface area contributed by atoms with Crippen molar-refractivity contribution < 1.29 is 9.50 Å². The van der Waals surface area contributed by atoms with Crippen LogP contribution in [0.15, 0.2) is 18.2 Å². The number of hydrogen-bond acceptors (Lipinski definition) is 2. The van der Waals surface area contributed by atoms with Crippen LogP contribution in [-0.2, 0) is 0 Å². The lowest BCUT2D eigenvalue weighted by Crippen LogP contribution is -2.00. The summed E-state index contributed by atoms with van der Waals surface area (Å²) in [5, 5.41) is 14.0. The van der Waals surface area contributed by atoms with E-state index in [1.165, 1.54) is 18.2 Å². The number of halogens is 1. The minimum Gasteiger partial charge on any atom is -0.506 e. The second-order valence-electron chi connectivity index (χ2n) is 3.84. The Kier molecular flexibility index (Phi) is 2.42. The van der Waals surface area contributed by atoms with Crippen LogP contribution < -0.4 is 0 Å². The van der Waals surface area contributed by atoms with Gasteiger partial charge in [0.2, 0.25) is 0 Å². The number of aryl methyl sites for hydroxylation is 1. The highest BCUT2D eigenvalue weighted by Gasteiger charge is 2.12. The monoisotopic (exact) mass is 220 g/mol. The third kappa shape index (κ3) is 1.56. The lowest BCUT2D eigenvalue weighted by Gasteiger charge is -2.06. The predicted octanol–water partition coefficient (Wildman–Crippen LogP) is 2.64. The molecule has 0 aliphatic carbocycles. The van der Waals surface area contributed by atoms with Gasteiger partial charge in [-0.2, -0.15) is 5.10 Å². The van der Waals surface area contributed by atoms with Crippen molar-refractivity contribution in [1.29, 1.82) is 0 Å². The van der Waals surface area contributed by atoms with E-state index in [9.17, 15) is 9.50 Å². The quantitative estimate of drug-likeness (QED) is 0.802. The molecule has 0 saturated heterocycles. The van der Waals surface area contributed by atoms with Gasteiger partial charge in [0.1, 0.15) is 17.3 Å². The van der Waals surface area contributed by atoms with Gasteiger partial charge in [0.05, 0.1) is 5.69 Å². The first-order valence-corrected chi connectivity index (χ1v) is 5.02.